The quantitative estimate of drug-likeness (QED) is 0.504. The molecule has 0 aliphatic carbocycles. The van der Waals surface area contributed by atoms with Gasteiger partial charge in [-0.2, -0.15) is 0 Å². The molecule has 2 aromatic carbocycles. The molecular formula is C18H24O2. The topological polar surface area (TPSA) is 18.5 Å². The zero-order valence-electron chi connectivity index (χ0n) is 12.6. The van der Waals surface area contributed by atoms with Crippen molar-refractivity contribution in [1.29, 1.82) is 0 Å². The third-order valence-corrected chi connectivity index (χ3v) is 3.75. The summed E-state index contributed by atoms with van der Waals surface area (Å²) >= 11 is 0. The Morgan fingerprint density at radius 3 is 2.40 bits per heavy atom. The Labute approximate surface area is 121 Å². The highest BCUT2D eigenvalue weighted by Gasteiger charge is 2.12. The van der Waals surface area contributed by atoms with Gasteiger partial charge in [-0.05, 0) is 34.7 Å². The lowest BCUT2D eigenvalue weighted by Gasteiger charge is -2.17. The Kier molecular flexibility index (Phi) is 5.57. The lowest BCUT2D eigenvalue weighted by atomic mass is 10.0. The Morgan fingerprint density at radius 2 is 1.70 bits per heavy atom. The molecule has 0 N–H and O–H groups in total. The second-order valence-electron chi connectivity index (χ2n) is 5.40. The Balaban J connectivity index is 2.05. The minimum Gasteiger partial charge on any atom is -0.236 e. The zero-order valence-corrected chi connectivity index (χ0v) is 12.6. The SMILES string of the molecule is CCC(C)COOC(CC)c1ccc2ccccc2c1. The Bertz CT molecular complexity index is 536. The van der Waals surface area contributed by atoms with Crippen molar-refractivity contribution in [3.05, 3.63) is 48.0 Å². The van der Waals surface area contributed by atoms with E-state index >= 15 is 0 Å². The molecule has 0 bridgehead atoms. The molecule has 0 aromatic heterocycles. The summed E-state index contributed by atoms with van der Waals surface area (Å²) < 4.78 is 0. The maximum atomic E-state index is 5.60. The summed E-state index contributed by atoms with van der Waals surface area (Å²) in [7, 11) is 0. The molecule has 20 heavy (non-hydrogen) atoms. The van der Waals surface area contributed by atoms with E-state index in [0.717, 1.165) is 12.8 Å². The van der Waals surface area contributed by atoms with Gasteiger partial charge >= 0.3 is 0 Å². The largest absolute Gasteiger partial charge is 0.236 e. The molecule has 0 amide bonds. The summed E-state index contributed by atoms with van der Waals surface area (Å²) in [5.74, 6) is 0.532. The second-order valence-corrected chi connectivity index (χ2v) is 5.40. The van der Waals surface area contributed by atoms with Crippen LogP contribution in [0.4, 0.5) is 0 Å². The first-order valence-electron chi connectivity index (χ1n) is 7.51. The van der Waals surface area contributed by atoms with Crippen molar-refractivity contribution >= 4 is 10.8 Å². The second kappa shape index (κ2) is 7.41. The van der Waals surface area contributed by atoms with Crippen molar-refractivity contribution < 1.29 is 9.78 Å². The molecule has 0 spiro atoms. The molecule has 2 heteroatoms. The van der Waals surface area contributed by atoms with Crippen LogP contribution in [0.5, 0.6) is 0 Å². The van der Waals surface area contributed by atoms with Gasteiger partial charge < -0.3 is 0 Å². The minimum absolute atomic E-state index is 0.00339. The van der Waals surface area contributed by atoms with Crippen LogP contribution >= 0.6 is 0 Å². The number of hydrogen-bond donors (Lipinski definition) is 0. The number of benzene rings is 2. The summed E-state index contributed by atoms with van der Waals surface area (Å²) in [6.45, 7) is 7.10. The van der Waals surface area contributed by atoms with E-state index in [2.05, 4.69) is 63.2 Å². The van der Waals surface area contributed by atoms with Crippen molar-refractivity contribution in [2.45, 2.75) is 39.7 Å². The van der Waals surface area contributed by atoms with Gasteiger partial charge in [0, 0.05) is 0 Å². The molecular weight excluding hydrogens is 248 g/mol. The van der Waals surface area contributed by atoms with Crippen molar-refractivity contribution in [2.75, 3.05) is 6.61 Å². The van der Waals surface area contributed by atoms with E-state index in [1.165, 1.54) is 16.3 Å². The highest BCUT2D eigenvalue weighted by Crippen LogP contribution is 2.25. The summed E-state index contributed by atoms with van der Waals surface area (Å²) in [6.07, 6.45) is 2.01. The van der Waals surface area contributed by atoms with Gasteiger partial charge in [-0.15, -0.1) is 0 Å². The summed E-state index contributed by atoms with van der Waals surface area (Å²) in [6, 6.07) is 14.8. The summed E-state index contributed by atoms with van der Waals surface area (Å²) in [5, 5.41) is 2.50. The van der Waals surface area contributed by atoms with Crippen molar-refractivity contribution in [3.8, 4) is 0 Å². The highest BCUT2D eigenvalue weighted by atomic mass is 17.2. The van der Waals surface area contributed by atoms with Crippen LogP contribution in [0.25, 0.3) is 10.8 Å². The Hall–Kier alpha value is -1.38. The van der Waals surface area contributed by atoms with E-state index < -0.39 is 0 Å². The van der Waals surface area contributed by atoms with Gasteiger partial charge in [-0.1, -0.05) is 63.6 Å². The predicted octanol–water partition coefficient (Wildman–Crippen LogP) is 5.29. The van der Waals surface area contributed by atoms with E-state index in [-0.39, 0.29) is 6.10 Å². The van der Waals surface area contributed by atoms with Crippen LogP contribution in [0.15, 0.2) is 42.5 Å². The molecule has 0 saturated carbocycles. The molecule has 2 nitrogen and oxygen atoms in total. The van der Waals surface area contributed by atoms with Crippen LogP contribution in [0.2, 0.25) is 0 Å². The van der Waals surface area contributed by atoms with Crippen molar-refractivity contribution in [2.24, 2.45) is 5.92 Å². The van der Waals surface area contributed by atoms with E-state index in [4.69, 9.17) is 9.78 Å². The molecule has 108 valence electrons. The molecule has 0 radical (unpaired) electrons. The van der Waals surface area contributed by atoms with Gasteiger partial charge in [0.15, 0.2) is 0 Å². The molecule has 0 aliphatic heterocycles. The normalized spacial score (nSPS) is 14.3. The van der Waals surface area contributed by atoms with E-state index in [1.807, 2.05) is 0 Å². The molecule has 2 aromatic rings. The van der Waals surface area contributed by atoms with Gasteiger partial charge in [0.25, 0.3) is 0 Å². The smallest absolute Gasteiger partial charge is 0.118 e. The van der Waals surface area contributed by atoms with Crippen LogP contribution < -0.4 is 0 Å². The third kappa shape index (κ3) is 3.81. The van der Waals surface area contributed by atoms with Crippen LogP contribution in [-0.4, -0.2) is 6.61 Å². The van der Waals surface area contributed by atoms with E-state index in [1.54, 1.807) is 0 Å². The number of fused-ring (bicyclic) bond motifs is 1. The predicted molar refractivity (Wildman–Crippen MR) is 83.5 cm³/mol. The highest BCUT2D eigenvalue weighted by molar-refractivity contribution is 5.83. The van der Waals surface area contributed by atoms with E-state index in [9.17, 15) is 0 Å². The first kappa shape index (κ1) is 15.0. The fraction of sp³-hybridized carbons (Fsp3) is 0.444. The van der Waals surface area contributed by atoms with Gasteiger partial charge in [0.2, 0.25) is 0 Å². The maximum Gasteiger partial charge on any atom is 0.118 e. The average Bonchev–Trinajstić information content (AvgIpc) is 2.51. The first-order chi connectivity index (χ1) is 9.74. The van der Waals surface area contributed by atoms with Crippen molar-refractivity contribution in [1.82, 2.24) is 0 Å². The lowest BCUT2D eigenvalue weighted by molar-refractivity contribution is -0.333. The zero-order chi connectivity index (χ0) is 14.4. The minimum atomic E-state index is 0.00339. The number of hydrogen-bond acceptors (Lipinski definition) is 2. The van der Waals surface area contributed by atoms with Crippen LogP contribution in [-0.2, 0) is 9.78 Å². The van der Waals surface area contributed by atoms with Crippen LogP contribution in [0.3, 0.4) is 0 Å². The molecule has 2 atom stereocenters. The molecule has 0 aliphatic rings. The number of rotatable bonds is 7. The van der Waals surface area contributed by atoms with Gasteiger partial charge in [-0.25, -0.2) is 9.78 Å². The van der Waals surface area contributed by atoms with Gasteiger partial charge in [0.05, 0.1) is 6.61 Å². The lowest BCUT2D eigenvalue weighted by Crippen LogP contribution is -2.09. The third-order valence-electron chi connectivity index (χ3n) is 3.75. The van der Waals surface area contributed by atoms with E-state index in [0.29, 0.717) is 12.5 Å². The average molecular weight is 272 g/mol. The summed E-state index contributed by atoms with van der Waals surface area (Å²) in [4.78, 5) is 11.0. The van der Waals surface area contributed by atoms with Crippen LogP contribution in [0.1, 0.15) is 45.3 Å². The standard InChI is InChI=1S/C18H24O2/c1-4-14(3)13-19-20-18(5-2)17-11-10-15-8-6-7-9-16(15)12-17/h6-12,14,18H,4-5,13H2,1-3H3. The molecule has 0 heterocycles. The fourth-order valence-corrected chi connectivity index (χ4v) is 2.12. The monoisotopic (exact) mass is 272 g/mol. The molecule has 2 rings (SSSR count). The van der Waals surface area contributed by atoms with Gasteiger partial charge in [-0.3, -0.25) is 0 Å². The maximum absolute atomic E-state index is 5.60. The summed E-state index contributed by atoms with van der Waals surface area (Å²) in [5.41, 5.74) is 1.18. The molecule has 2 unspecified atom stereocenters. The Morgan fingerprint density at radius 1 is 0.950 bits per heavy atom. The molecule has 0 fully saturated rings. The van der Waals surface area contributed by atoms with Crippen molar-refractivity contribution in [3.63, 3.8) is 0 Å². The molecule has 0 saturated heterocycles. The van der Waals surface area contributed by atoms with Gasteiger partial charge in [0.1, 0.15) is 6.10 Å². The fourth-order valence-electron chi connectivity index (χ4n) is 2.12. The first-order valence-corrected chi connectivity index (χ1v) is 7.51. The van der Waals surface area contributed by atoms with Crippen LogP contribution in [0, 0.1) is 5.92 Å².